The molecule has 0 bridgehead atoms. The van der Waals surface area contributed by atoms with E-state index in [0.29, 0.717) is 16.1 Å². The number of carbonyl (C=O) groups is 1. The third-order valence-corrected chi connectivity index (χ3v) is 6.01. The predicted octanol–water partition coefficient (Wildman–Crippen LogP) is 3.60. The third kappa shape index (κ3) is 4.41. The summed E-state index contributed by atoms with van der Waals surface area (Å²) in [7, 11) is -4.03. The first kappa shape index (κ1) is 21.3. The fourth-order valence-corrected chi connectivity index (χ4v) is 4.01. The van der Waals surface area contributed by atoms with Gasteiger partial charge in [-0.1, -0.05) is 29.5 Å². The molecule has 4 rings (SSSR count). The van der Waals surface area contributed by atoms with Crippen LogP contribution in [0.25, 0.3) is 11.0 Å². The lowest BCUT2D eigenvalue weighted by atomic mass is 10.2. The van der Waals surface area contributed by atoms with Gasteiger partial charge in [0.1, 0.15) is 0 Å². The van der Waals surface area contributed by atoms with Crippen LogP contribution in [0, 0.1) is 0 Å². The number of halogens is 1. The summed E-state index contributed by atoms with van der Waals surface area (Å²) in [5.74, 6) is -2.12. The van der Waals surface area contributed by atoms with Crippen molar-refractivity contribution in [3.05, 3.63) is 77.3 Å². The zero-order valence-corrected chi connectivity index (χ0v) is 17.7. The van der Waals surface area contributed by atoms with E-state index < -0.39 is 21.7 Å². The molecular formula is C21H14ClN4O5S-. The van der Waals surface area contributed by atoms with E-state index in [1.807, 2.05) is 0 Å². The number of carboxylic acid groups (broad SMARTS) is 1. The molecule has 0 fully saturated rings. The second kappa shape index (κ2) is 8.33. The highest BCUT2D eigenvalue weighted by Crippen LogP contribution is 2.29. The fourth-order valence-electron chi connectivity index (χ4n) is 2.87. The van der Waals surface area contributed by atoms with Crippen LogP contribution in [-0.4, -0.2) is 29.5 Å². The maximum Gasteiger partial charge on any atom is 0.335 e. The van der Waals surface area contributed by atoms with Gasteiger partial charge in [-0.15, -0.1) is 0 Å². The summed E-state index contributed by atoms with van der Waals surface area (Å²) in [6, 6.07) is 16.0. The molecule has 0 aliphatic rings. The van der Waals surface area contributed by atoms with E-state index in [1.165, 1.54) is 30.3 Å². The van der Waals surface area contributed by atoms with Gasteiger partial charge in [0.15, 0.2) is 11.6 Å². The van der Waals surface area contributed by atoms with Crippen LogP contribution in [0.15, 0.2) is 71.6 Å². The number of fused-ring (bicyclic) bond motifs is 1. The number of nitrogens with zero attached hydrogens (tertiary/aromatic N) is 2. The van der Waals surface area contributed by atoms with Crippen LogP contribution in [0.1, 0.15) is 10.4 Å². The Hall–Kier alpha value is -3.89. The summed E-state index contributed by atoms with van der Waals surface area (Å²) >= 11 is 5.84. The number of anilines is 3. The standard InChI is InChI=1S/C21H15ClN4O5S/c22-12-5-8-14(9-6-12)32(30,31)26-20-19(24-16-3-1-2-4-17(16)25-20)23-13-7-10-15(21(28)29)18(27)11-13/h1-11,27H,(H,23,24)(H,25,26)(H,28,29)/p-1. The lowest BCUT2D eigenvalue weighted by Crippen LogP contribution is -2.16. The van der Waals surface area contributed by atoms with Crippen LogP contribution in [0.5, 0.6) is 5.75 Å². The Morgan fingerprint density at radius 1 is 0.938 bits per heavy atom. The molecule has 162 valence electrons. The summed E-state index contributed by atoms with van der Waals surface area (Å²) in [6.07, 6.45) is 0. The molecule has 0 spiro atoms. The van der Waals surface area contributed by atoms with E-state index in [4.69, 9.17) is 16.7 Å². The minimum absolute atomic E-state index is 0.0312. The van der Waals surface area contributed by atoms with Gasteiger partial charge < -0.3 is 15.5 Å². The molecule has 0 amide bonds. The van der Waals surface area contributed by atoms with E-state index in [-0.39, 0.29) is 27.8 Å². The number of nitrogens with one attached hydrogen (secondary N) is 2. The molecule has 0 aliphatic heterocycles. The highest BCUT2D eigenvalue weighted by molar-refractivity contribution is 7.92. The van der Waals surface area contributed by atoms with Gasteiger partial charge in [0, 0.05) is 10.7 Å². The quantitative estimate of drug-likeness (QED) is 0.388. The highest BCUT2D eigenvalue weighted by Gasteiger charge is 2.19. The maximum absolute atomic E-state index is 12.9. The van der Waals surface area contributed by atoms with Crippen LogP contribution in [-0.2, 0) is 10.0 Å². The minimum atomic E-state index is -4.03. The molecule has 0 unspecified atom stereocenters. The molecule has 0 radical (unpaired) electrons. The molecule has 1 heterocycles. The number of hydrogen-bond donors (Lipinski definition) is 3. The zero-order valence-electron chi connectivity index (χ0n) is 16.1. The predicted molar refractivity (Wildman–Crippen MR) is 118 cm³/mol. The molecule has 0 saturated carbocycles. The SMILES string of the molecule is O=C(O)c1ccc(Nc2nc3ccccc3nc2NS(=O)(=O)c2ccc(Cl)cc2)cc1[O-]. The Morgan fingerprint density at radius 2 is 1.56 bits per heavy atom. The van der Waals surface area contributed by atoms with Crippen LogP contribution >= 0.6 is 11.6 Å². The third-order valence-electron chi connectivity index (χ3n) is 4.40. The number of benzene rings is 3. The van der Waals surface area contributed by atoms with E-state index in [0.717, 1.165) is 12.1 Å². The van der Waals surface area contributed by atoms with Gasteiger partial charge in [-0.2, -0.15) is 0 Å². The average molecular weight is 470 g/mol. The first-order chi connectivity index (χ1) is 15.2. The van der Waals surface area contributed by atoms with Gasteiger partial charge >= 0.3 is 5.97 Å². The normalized spacial score (nSPS) is 11.3. The van der Waals surface area contributed by atoms with Gasteiger partial charge in [0.25, 0.3) is 10.0 Å². The van der Waals surface area contributed by atoms with Gasteiger partial charge in [-0.05, 0) is 54.6 Å². The largest absolute Gasteiger partial charge is 0.872 e. The number of aromatic carboxylic acids is 1. The van der Waals surface area contributed by atoms with Crippen molar-refractivity contribution in [2.45, 2.75) is 4.90 Å². The van der Waals surface area contributed by atoms with Crippen molar-refractivity contribution in [1.82, 2.24) is 9.97 Å². The number of aromatic nitrogens is 2. The molecule has 4 aromatic rings. The van der Waals surface area contributed by atoms with Gasteiger partial charge in [0.2, 0.25) is 0 Å². The van der Waals surface area contributed by atoms with Crippen molar-refractivity contribution in [3.8, 4) is 5.75 Å². The van der Waals surface area contributed by atoms with Crippen molar-refractivity contribution >= 4 is 56.0 Å². The number of carboxylic acids is 1. The first-order valence-electron chi connectivity index (χ1n) is 9.09. The molecule has 3 N–H and O–H groups in total. The zero-order chi connectivity index (χ0) is 22.9. The van der Waals surface area contributed by atoms with Crippen molar-refractivity contribution in [3.63, 3.8) is 0 Å². The van der Waals surface area contributed by atoms with E-state index in [2.05, 4.69) is 20.0 Å². The Labute approximate surface area is 187 Å². The lowest BCUT2D eigenvalue weighted by molar-refractivity contribution is -0.268. The molecule has 9 nitrogen and oxygen atoms in total. The summed E-state index contributed by atoms with van der Waals surface area (Å²) in [5, 5.41) is 24.3. The second-order valence-electron chi connectivity index (χ2n) is 6.61. The van der Waals surface area contributed by atoms with E-state index in [9.17, 15) is 18.3 Å². The monoisotopic (exact) mass is 469 g/mol. The summed E-state index contributed by atoms with van der Waals surface area (Å²) < 4.78 is 28.1. The van der Waals surface area contributed by atoms with Gasteiger partial charge in [-0.3, -0.25) is 4.72 Å². The molecule has 1 aromatic heterocycles. The average Bonchev–Trinajstić information content (AvgIpc) is 2.74. The van der Waals surface area contributed by atoms with Crippen molar-refractivity contribution < 1.29 is 23.4 Å². The number of hydrogen-bond acceptors (Lipinski definition) is 7. The van der Waals surface area contributed by atoms with E-state index >= 15 is 0 Å². The first-order valence-corrected chi connectivity index (χ1v) is 11.0. The summed E-state index contributed by atoms with van der Waals surface area (Å²) in [6.45, 7) is 0. The van der Waals surface area contributed by atoms with Gasteiger partial charge in [0.05, 0.1) is 21.5 Å². The van der Waals surface area contributed by atoms with Crippen LogP contribution in [0.2, 0.25) is 5.02 Å². The maximum atomic E-state index is 12.9. The van der Waals surface area contributed by atoms with Crippen LogP contribution in [0.3, 0.4) is 0 Å². The number of rotatable bonds is 6. The topological polar surface area (TPSA) is 144 Å². The summed E-state index contributed by atoms with van der Waals surface area (Å²) in [5.41, 5.74) is 0.756. The smallest absolute Gasteiger partial charge is 0.335 e. The molecule has 3 aromatic carbocycles. The molecule has 11 heteroatoms. The van der Waals surface area contributed by atoms with Crippen molar-refractivity contribution in [2.75, 3.05) is 10.0 Å². The highest BCUT2D eigenvalue weighted by atomic mass is 35.5. The van der Waals surface area contributed by atoms with Crippen molar-refractivity contribution in [2.24, 2.45) is 0 Å². The molecule has 0 aliphatic carbocycles. The lowest BCUT2D eigenvalue weighted by Gasteiger charge is -2.16. The number of para-hydroxylation sites is 2. The Morgan fingerprint density at radius 3 is 2.16 bits per heavy atom. The molecular weight excluding hydrogens is 456 g/mol. The fraction of sp³-hybridized carbons (Fsp3) is 0. The Bertz CT molecular complexity index is 1440. The van der Waals surface area contributed by atoms with Crippen LogP contribution in [0.4, 0.5) is 17.3 Å². The summed E-state index contributed by atoms with van der Waals surface area (Å²) in [4.78, 5) is 19.8. The van der Waals surface area contributed by atoms with Crippen LogP contribution < -0.4 is 15.1 Å². The second-order valence-corrected chi connectivity index (χ2v) is 8.73. The molecule has 32 heavy (non-hydrogen) atoms. The Balaban J connectivity index is 1.76. The molecule has 0 atom stereocenters. The van der Waals surface area contributed by atoms with Crippen molar-refractivity contribution in [1.29, 1.82) is 0 Å². The molecule has 0 saturated heterocycles. The Kier molecular flexibility index (Phi) is 5.56. The number of sulfonamides is 1. The van der Waals surface area contributed by atoms with Gasteiger partial charge in [-0.25, -0.2) is 23.2 Å². The minimum Gasteiger partial charge on any atom is -0.872 e. The van der Waals surface area contributed by atoms with E-state index in [1.54, 1.807) is 24.3 Å².